The van der Waals surface area contributed by atoms with E-state index in [9.17, 15) is 14.0 Å². The van der Waals surface area contributed by atoms with Gasteiger partial charge in [0, 0.05) is 23.9 Å². The number of methoxy groups -OCH3 is 1. The number of β-lactam (4-membered cyclic amide) rings is 1. The van der Waals surface area contributed by atoms with E-state index >= 15 is 0 Å². The highest BCUT2D eigenvalue weighted by molar-refractivity contribution is 6.74. The largest absolute Gasteiger partial charge is 0.497 e. The second kappa shape index (κ2) is 18.2. The molecule has 57 heavy (non-hydrogen) atoms. The number of carbonyl (C=O) groups excluding carboxylic acids is 2. The number of amides is 2. The number of carbonyl (C=O) groups is 2. The molecular weight excluding hydrogens is 736 g/mol. The fraction of sp³-hybridized carbons (Fsp3) is 0.319. The summed E-state index contributed by atoms with van der Waals surface area (Å²) in [6.45, 7) is 11.8. The van der Waals surface area contributed by atoms with Crippen LogP contribution in [0.1, 0.15) is 73.6 Å². The minimum absolute atomic E-state index is 0.00891. The molecule has 0 aromatic heterocycles. The summed E-state index contributed by atoms with van der Waals surface area (Å²) in [4.78, 5) is 28.7. The summed E-state index contributed by atoms with van der Waals surface area (Å²) in [6.07, 6.45) is 0.279. The lowest BCUT2D eigenvalue weighted by Gasteiger charge is -2.48. The summed E-state index contributed by atoms with van der Waals surface area (Å²) in [6, 6.07) is 39.0. The molecule has 5 aromatic carbocycles. The van der Waals surface area contributed by atoms with Crippen LogP contribution in [0.3, 0.4) is 0 Å². The summed E-state index contributed by atoms with van der Waals surface area (Å²) >= 11 is 0. The van der Waals surface area contributed by atoms with Crippen LogP contribution in [0.5, 0.6) is 11.5 Å². The number of hydrogen-bond donors (Lipinski definition) is 1. The zero-order chi connectivity index (χ0) is 40.6. The summed E-state index contributed by atoms with van der Waals surface area (Å²) < 4.78 is 38.5. The first-order valence-corrected chi connectivity index (χ1v) is 22.4. The molecule has 1 aliphatic heterocycles. The van der Waals surface area contributed by atoms with Crippen molar-refractivity contribution in [1.29, 1.82) is 0 Å². The smallest absolute Gasteiger partial charge is 0.407 e. The Morgan fingerprint density at radius 2 is 1.46 bits per heavy atom. The van der Waals surface area contributed by atoms with Crippen LogP contribution in [-0.2, 0) is 33.7 Å². The fourth-order valence-electron chi connectivity index (χ4n) is 6.78. The van der Waals surface area contributed by atoms with Gasteiger partial charge in [-0.2, -0.15) is 0 Å². The second-order valence-electron chi connectivity index (χ2n) is 16.0. The van der Waals surface area contributed by atoms with Gasteiger partial charge in [-0.25, -0.2) is 9.18 Å². The van der Waals surface area contributed by atoms with Gasteiger partial charge in [-0.15, -0.1) is 0 Å². The lowest BCUT2D eigenvalue weighted by molar-refractivity contribution is -0.131. The van der Waals surface area contributed by atoms with E-state index in [1.807, 2.05) is 108 Å². The number of alkyl carbamates (subject to hydrolysis) is 1. The fourth-order valence-corrected chi connectivity index (χ4v) is 8.10. The maximum absolute atomic E-state index is 14.4. The standard InChI is InChI=1S/C47H53FN2O6Si/c1-47(2,3)57(5,6)56-42(36-19-21-37(48)22-20-36)28-27-41-44(40-26-25-39(53-4)29-43(40)54-31-34-13-9-7-10-14-34)50(45(41)51)38-23-17-33(18-24-38)30-49-46(52)55-32-35-15-11-8-12-16-35/h7-26,29,41-42,44H,27-28,30-32H2,1-6H3,(H,49,52). The van der Waals surface area contributed by atoms with Crippen LogP contribution in [0.2, 0.25) is 18.1 Å². The van der Waals surface area contributed by atoms with E-state index in [-0.39, 0.29) is 48.0 Å². The van der Waals surface area contributed by atoms with Gasteiger partial charge in [0.15, 0.2) is 8.32 Å². The van der Waals surface area contributed by atoms with E-state index in [1.54, 1.807) is 19.2 Å². The minimum atomic E-state index is -2.25. The number of rotatable bonds is 16. The molecule has 1 heterocycles. The summed E-state index contributed by atoms with van der Waals surface area (Å²) in [5.41, 5.74) is 5.27. The van der Waals surface area contributed by atoms with Crippen molar-refractivity contribution >= 4 is 26.0 Å². The van der Waals surface area contributed by atoms with Gasteiger partial charge >= 0.3 is 6.09 Å². The molecule has 1 saturated heterocycles. The van der Waals surface area contributed by atoms with Crippen LogP contribution in [-0.4, -0.2) is 27.4 Å². The van der Waals surface area contributed by atoms with Crippen LogP contribution in [0.25, 0.3) is 0 Å². The van der Waals surface area contributed by atoms with Crippen molar-refractivity contribution in [3.63, 3.8) is 0 Å². The molecule has 3 unspecified atom stereocenters. The molecule has 0 saturated carbocycles. The van der Waals surface area contributed by atoms with Crippen molar-refractivity contribution in [2.75, 3.05) is 12.0 Å². The monoisotopic (exact) mass is 788 g/mol. The van der Waals surface area contributed by atoms with Crippen LogP contribution >= 0.6 is 0 Å². The quantitative estimate of drug-likeness (QED) is 0.0791. The Morgan fingerprint density at radius 1 is 0.825 bits per heavy atom. The molecule has 0 bridgehead atoms. The Hall–Kier alpha value is -5.45. The molecule has 1 aliphatic rings. The van der Waals surface area contributed by atoms with Gasteiger partial charge in [-0.05, 0) is 89.6 Å². The van der Waals surface area contributed by atoms with Crippen LogP contribution in [0.15, 0.2) is 127 Å². The Bertz CT molecular complexity index is 2090. The maximum Gasteiger partial charge on any atom is 0.407 e. The van der Waals surface area contributed by atoms with Crippen molar-refractivity contribution in [3.8, 4) is 11.5 Å². The van der Waals surface area contributed by atoms with Gasteiger partial charge in [0.25, 0.3) is 0 Å². The molecule has 8 nitrogen and oxygen atoms in total. The van der Waals surface area contributed by atoms with Crippen LogP contribution < -0.4 is 19.7 Å². The Labute approximate surface area is 337 Å². The van der Waals surface area contributed by atoms with E-state index < -0.39 is 14.4 Å². The summed E-state index contributed by atoms with van der Waals surface area (Å²) in [5.74, 6) is 0.582. The highest BCUT2D eigenvalue weighted by atomic mass is 28.4. The molecule has 298 valence electrons. The van der Waals surface area contributed by atoms with Crippen LogP contribution in [0, 0.1) is 11.7 Å². The van der Waals surface area contributed by atoms with E-state index in [1.165, 1.54) is 12.1 Å². The molecule has 2 amide bonds. The Balaban J connectivity index is 1.26. The first kappa shape index (κ1) is 41.2. The van der Waals surface area contributed by atoms with E-state index in [2.05, 4.69) is 39.2 Å². The molecule has 1 fully saturated rings. The molecule has 0 aliphatic carbocycles. The molecular formula is C47H53FN2O6Si. The zero-order valence-electron chi connectivity index (χ0n) is 33.7. The molecule has 5 aromatic rings. The lowest BCUT2D eigenvalue weighted by Crippen LogP contribution is -2.55. The number of ether oxygens (including phenoxy) is 3. The van der Waals surface area contributed by atoms with Crippen molar-refractivity contribution in [2.24, 2.45) is 5.92 Å². The lowest BCUT2D eigenvalue weighted by atomic mass is 9.78. The SMILES string of the molecule is COc1ccc(C2C(CCC(O[Si](C)(C)C(C)(C)C)c3ccc(F)cc3)C(=O)N2c2ccc(CNC(=O)OCc3ccccc3)cc2)c(OCc2ccccc2)c1. The third-order valence-corrected chi connectivity index (χ3v) is 15.6. The van der Waals surface area contributed by atoms with Gasteiger partial charge in [0.1, 0.15) is 30.5 Å². The van der Waals surface area contributed by atoms with Crippen molar-refractivity contribution < 1.29 is 32.6 Å². The maximum atomic E-state index is 14.4. The molecule has 3 atom stereocenters. The summed E-state index contributed by atoms with van der Waals surface area (Å²) in [7, 11) is -0.632. The average Bonchev–Trinajstić information content (AvgIpc) is 3.21. The normalized spacial score (nSPS) is 16.1. The molecule has 0 radical (unpaired) electrons. The molecule has 10 heteroatoms. The number of hydrogen-bond acceptors (Lipinski definition) is 6. The highest BCUT2D eigenvalue weighted by Gasteiger charge is 2.50. The van der Waals surface area contributed by atoms with Crippen LogP contribution in [0.4, 0.5) is 14.9 Å². The van der Waals surface area contributed by atoms with E-state index in [0.29, 0.717) is 30.9 Å². The third kappa shape index (κ3) is 10.3. The predicted octanol–water partition coefficient (Wildman–Crippen LogP) is 11.1. The number of nitrogens with zero attached hydrogens (tertiary/aromatic N) is 1. The van der Waals surface area contributed by atoms with E-state index in [0.717, 1.165) is 33.5 Å². The third-order valence-electron chi connectivity index (χ3n) is 11.1. The first-order chi connectivity index (χ1) is 27.3. The number of anilines is 1. The number of benzene rings is 5. The number of nitrogens with one attached hydrogen (secondary N) is 1. The van der Waals surface area contributed by atoms with Crippen molar-refractivity contribution in [2.45, 2.75) is 83.6 Å². The Morgan fingerprint density at radius 3 is 2.07 bits per heavy atom. The van der Waals surface area contributed by atoms with E-state index in [4.69, 9.17) is 18.6 Å². The Kier molecular flexibility index (Phi) is 13.2. The zero-order valence-corrected chi connectivity index (χ0v) is 34.7. The number of halogens is 1. The average molecular weight is 789 g/mol. The first-order valence-electron chi connectivity index (χ1n) is 19.5. The second-order valence-corrected chi connectivity index (χ2v) is 20.8. The molecule has 0 spiro atoms. The predicted molar refractivity (Wildman–Crippen MR) is 224 cm³/mol. The van der Waals surface area contributed by atoms with Gasteiger partial charge in [-0.3, -0.25) is 4.79 Å². The van der Waals surface area contributed by atoms with Gasteiger partial charge < -0.3 is 28.9 Å². The van der Waals surface area contributed by atoms with Gasteiger partial charge in [-0.1, -0.05) is 106 Å². The highest BCUT2D eigenvalue weighted by Crippen LogP contribution is 2.50. The summed E-state index contributed by atoms with van der Waals surface area (Å²) in [5, 5.41) is 2.76. The molecule has 1 N–H and O–H groups in total. The van der Waals surface area contributed by atoms with Gasteiger partial charge in [0.2, 0.25) is 5.91 Å². The molecule has 6 rings (SSSR count). The van der Waals surface area contributed by atoms with Gasteiger partial charge in [0.05, 0.1) is 25.2 Å². The topological polar surface area (TPSA) is 86.3 Å². The van der Waals surface area contributed by atoms with Crippen molar-refractivity contribution in [3.05, 3.63) is 161 Å². The minimum Gasteiger partial charge on any atom is -0.497 e. The van der Waals surface area contributed by atoms with Crippen molar-refractivity contribution in [1.82, 2.24) is 5.32 Å².